The lowest BCUT2D eigenvalue weighted by Crippen LogP contribution is -2.50. The Morgan fingerprint density at radius 2 is 1.78 bits per heavy atom. The number of nitrogens with one attached hydrogen (secondary N) is 1. The summed E-state index contributed by atoms with van der Waals surface area (Å²) in [5.74, 6) is 0.333. The van der Waals surface area contributed by atoms with Crippen molar-refractivity contribution in [3.05, 3.63) is 23.8 Å². The fourth-order valence-corrected chi connectivity index (χ4v) is 4.93. The number of benzene rings is 1. The average molecular weight is 502 g/mol. The van der Waals surface area contributed by atoms with Gasteiger partial charge in [0.2, 0.25) is 11.8 Å². The normalized spacial score (nSPS) is 26.3. The lowest BCUT2D eigenvalue weighted by Gasteiger charge is -2.38. The van der Waals surface area contributed by atoms with E-state index in [1.165, 1.54) is 0 Å². The van der Waals surface area contributed by atoms with Crippen molar-refractivity contribution in [1.29, 1.82) is 0 Å². The summed E-state index contributed by atoms with van der Waals surface area (Å²) >= 11 is 0. The van der Waals surface area contributed by atoms with Crippen molar-refractivity contribution in [2.45, 2.75) is 51.7 Å². The fourth-order valence-electron chi connectivity index (χ4n) is 4.93. The highest BCUT2D eigenvalue weighted by Crippen LogP contribution is 2.32. The van der Waals surface area contributed by atoms with Crippen LogP contribution in [0.15, 0.2) is 18.2 Å². The van der Waals surface area contributed by atoms with Crippen molar-refractivity contribution in [2.75, 3.05) is 52.4 Å². The molecular weight excluding hydrogens is 462 g/mol. The lowest BCUT2D eigenvalue weighted by molar-refractivity contribution is -0.142. The van der Waals surface area contributed by atoms with Crippen molar-refractivity contribution in [2.24, 2.45) is 17.8 Å². The Balaban J connectivity index is 1.61. The zero-order valence-electron chi connectivity index (χ0n) is 21.8. The molecular formula is C27H39N3O6. The molecule has 0 unspecified atom stereocenters. The molecule has 1 aliphatic carbocycles. The van der Waals surface area contributed by atoms with Crippen molar-refractivity contribution in [3.8, 4) is 5.75 Å². The molecule has 2 aliphatic heterocycles. The van der Waals surface area contributed by atoms with Gasteiger partial charge in [-0.1, -0.05) is 6.92 Å². The van der Waals surface area contributed by atoms with Gasteiger partial charge < -0.3 is 29.3 Å². The molecule has 0 bridgehead atoms. The number of fused-ring (bicyclic) bond motifs is 1. The zero-order valence-corrected chi connectivity index (χ0v) is 21.8. The highest BCUT2D eigenvalue weighted by Gasteiger charge is 2.34. The van der Waals surface area contributed by atoms with Gasteiger partial charge in [-0.05, 0) is 50.8 Å². The molecule has 4 rings (SSSR count). The van der Waals surface area contributed by atoms with Crippen molar-refractivity contribution in [1.82, 2.24) is 9.80 Å². The molecule has 36 heavy (non-hydrogen) atoms. The summed E-state index contributed by atoms with van der Waals surface area (Å²) in [5, 5.41) is 2.92. The Kier molecular flexibility index (Phi) is 8.51. The molecule has 2 fully saturated rings. The molecule has 2 heterocycles. The second kappa shape index (κ2) is 11.6. The van der Waals surface area contributed by atoms with Crippen LogP contribution in [0.3, 0.4) is 0 Å². The highest BCUT2D eigenvalue weighted by molar-refractivity contribution is 6.00. The molecule has 0 aromatic heterocycles. The zero-order chi connectivity index (χ0) is 25.8. The molecule has 1 saturated carbocycles. The van der Waals surface area contributed by atoms with Gasteiger partial charge in [-0.3, -0.25) is 14.4 Å². The maximum Gasteiger partial charge on any atom is 0.257 e. The Morgan fingerprint density at radius 3 is 2.44 bits per heavy atom. The van der Waals surface area contributed by atoms with Gasteiger partial charge in [0.25, 0.3) is 5.91 Å². The van der Waals surface area contributed by atoms with Crippen LogP contribution in [0.1, 0.15) is 49.9 Å². The van der Waals surface area contributed by atoms with E-state index in [9.17, 15) is 14.4 Å². The topological polar surface area (TPSA) is 97.4 Å². The predicted molar refractivity (Wildman–Crippen MR) is 135 cm³/mol. The van der Waals surface area contributed by atoms with Crippen molar-refractivity contribution < 1.29 is 28.6 Å². The number of carbonyl (C=O) groups is 3. The molecule has 0 spiro atoms. The minimum absolute atomic E-state index is 0.000415. The van der Waals surface area contributed by atoms with Crippen LogP contribution in [0.5, 0.6) is 5.75 Å². The van der Waals surface area contributed by atoms with E-state index in [2.05, 4.69) is 12.2 Å². The van der Waals surface area contributed by atoms with Gasteiger partial charge in [-0.2, -0.15) is 0 Å². The fraction of sp³-hybridized carbons (Fsp3) is 0.667. The van der Waals surface area contributed by atoms with Gasteiger partial charge >= 0.3 is 0 Å². The van der Waals surface area contributed by atoms with Crippen LogP contribution in [0.25, 0.3) is 0 Å². The summed E-state index contributed by atoms with van der Waals surface area (Å²) in [6, 6.07) is 4.97. The molecule has 3 aliphatic rings. The van der Waals surface area contributed by atoms with Gasteiger partial charge in [0.1, 0.15) is 12.4 Å². The van der Waals surface area contributed by atoms with Crippen LogP contribution >= 0.6 is 0 Å². The first-order chi connectivity index (χ1) is 17.3. The van der Waals surface area contributed by atoms with Gasteiger partial charge in [0, 0.05) is 63.9 Å². The number of hydrogen-bond acceptors (Lipinski definition) is 6. The molecule has 1 aromatic carbocycles. The third kappa shape index (κ3) is 6.18. The Hall–Kier alpha value is -2.65. The van der Waals surface area contributed by atoms with Crippen molar-refractivity contribution >= 4 is 23.4 Å². The third-order valence-electron chi connectivity index (χ3n) is 7.51. The maximum atomic E-state index is 13.6. The summed E-state index contributed by atoms with van der Waals surface area (Å²) in [4.78, 5) is 42.9. The number of anilines is 1. The first kappa shape index (κ1) is 26.4. The molecule has 3 atom stereocenters. The van der Waals surface area contributed by atoms with E-state index in [0.29, 0.717) is 43.3 Å². The molecule has 1 saturated heterocycles. The first-order valence-corrected chi connectivity index (χ1v) is 13.0. The minimum Gasteiger partial charge on any atom is -0.491 e. The van der Waals surface area contributed by atoms with Gasteiger partial charge in [-0.25, -0.2) is 0 Å². The Morgan fingerprint density at radius 1 is 1.06 bits per heavy atom. The van der Waals surface area contributed by atoms with Crippen LogP contribution < -0.4 is 10.1 Å². The summed E-state index contributed by atoms with van der Waals surface area (Å²) in [7, 11) is 3.38. The summed E-state index contributed by atoms with van der Waals surface area (Å²) in [6.07, 6.45) is 3.00. The largest absolute Gasteiger partial charge is 0.491 e. The van der Waals surface area contributed by atoms with Crippen LogP contribution in [-0.2, 0) is 19.1 Å². The number of methoxy groups -OCH3 is 1. The first-order valence-electron chi connectivity index (χ1n) is 13.0. The Labute approximate surface area is 213 Å². The Bertz CT molecular complexity index is 959. The second-order valence-corrected chi connectivity index (χ2v) is 10.4. The molecule has 198 valence electrons. The van der Waals surface area contributed by atoms with E-state index in [-0.39, 0.29) is 54.2 Å². The van der Waals surface area contributed by atoms with Crippen molar-refractivity contribution in [3.63, 3.8) is 0 Å². The summed E-state index contributed by atoms with van der Waals surface area (Å²) in [5.41, 5.74) is 0.952. The van der Waals surface area contributed by atoms with Gasteiger partial charge in [-0.15, -0.1) is 0 Å². The van der Waals surface area contributed by atoms with E-state index < -0.39 is 0 Å². The number of rotatable bonds is 4. The van der Waals surface area contributed by atoms with E-state index in [4.69, 9.17) is 14.2 Å². The monoisotopic (exact) mass is 501 g/mol. The number of carbonyl (C=O) groups excluding carboxylic acids is 3. The summed E-state index contributed by atoms with van der Waals surface area (Å²) in [6.45, 7) is 6.36. The molecule has 9 heteroatoms. The lowest BCUT2D eigenvalue weighted by atomic mass is 9.95. The number of amides is 3. The van der Waals surface area contributed by atoms with Crippen LogP contribution in [0.2, 0.25) is 0 Å². The molecule has 1 aromatic rings. The molecule has 0 radical (unpaired) electrons. The predicted octanol–water partition coefficient (Wildman–Crippen LogP) is 2.79. The summed E-state index contributed by atoms with van der Waals surface area (Å²) < 4.78 is 17.4. The maximum absolute atomic E-state index is 13.6. The third-order valence-corrected chi connectivity index (χ3v) is 7.51. The van der Waals surface area contributed by atoms with Gasteiger partial charge in [0.15, 0.2) is 0 Å². The quantitative estimate of drug-likeness (QED) is 0.682. The van der Waals surface area contributed by atoms with E-state index in [0.717, 1.165) is 25.7 Å². The van der Waals surface area contributed by atoms with Crippen LogP contribution in [0.4, 0.5) is 5.69 Å². The molecule has 1 N–H and O–H groups in total. The number of nitrogens with zero attached hydrogens (tertiary/aromatic N) is 2. The molecule has 3 amide bonds. The minimum atomic E-state index is -0.252. The van der Waals surface area contributed by atoms with E-state index >= 15 is 0 Å². The highest BCUT2D eigenvalue weighted by atomic mass is 16.5. The van der Waals surface area contributed by atoms with Gasteiger partial charge in [0.05, 0.1) is 17.7 Å². The van der Waals surface area contributed by atoms with E-state index in [1.807, 2.05) is 11.8 Å². The average Bonchev–Trinajstić information content (AvgIpc) is 3.74. The van der Waals surface area contributed by atoms with Crippen LogP contribution in [0, 0.1) is 17.8 Å². The second-order valence-electron chi connectivity index (χ2n) is 10.4. The van der Waals surface area contributed by atoms with Crippen LogP contribution in [-0.4, -0.2) is 86.7 Å². The van der Waals surface area contributed by atoms with E-state index in [1.54, 1.807) is 37.3 Å². The smallest absolute Gasteiger partial charge is 0.257 e. The number of likely N-dealkylation sites (N-methyl/N-ethyl adjacent to an activating group) is 1. The number of ether oxygens (including phenoxy) is 3. The standard InChI is InChI=1S/C27H39N3O6/c1-17-14-30(26(32)20-9-11-35-12-10-20)18(2)16-36-23-8-7-21(28-25(31)19-5-6-19)13-22(23)27(33)29(3)15-24(17)34-4/h7-8,13,17-20,24H,5-6,9-12,14-16H2,1-4H3,(H,28,31)/t17-,18-,24-/m0/s1. The molecule has 9 nitrogen and oxygen atoms in total. The number of hydrogen-bond donors (Lipinski definition) is 1. The SMILES string of the molecule is CO[C@H]1CN(C)C(=O)c2cc(NC(=O)C3CC3)ccc2OC[C@H](C)N(C(=O)C2CCOCC2)C[C@@H]1C.